The second kappa shape index (κ2) is 17.1. The number of benzene rings is 5. The normalized spacial score (nSPS) is 13.0. The number of piperazine rings is 1. The summed E-state index contributed by atoms with van der Waals surface area (Å²) in [5.41, 5.74) is 6.56. The lowest BCUT2D eigenvalue weighted by Crippen LogP contribution is -2.49. The second-order valence-corrected chi connectivity index (χ2v) is 13.6. The van der Waals surface area contributed by atoms with Crippen molar-refractivity contribution < 1.29 is 32.9 Å². The molecule has 5 aromatic carbocycles. The molecule has 7 rings (SSSR count). The van der Waals surface area contributed by atoms with E-state index in [9.17, 15) is 9.18 Å². The van der Waals surface area contributed by atoms with Crippen LogP contribution in [0, 0.1) is 12.7 Å². The lowest BCUT2D eigenvalue weighted by molar-refractivity contribution is 0.106. The van der Waals surface area contributed by atoms with Crippen molar-refractivity contribution in [3.8, 4) is 39.9 Å². The Hall–Kier alpha value is -6.11. The van der Waals surface area contributed by atoms with Gasteiger partial charge in [0.25, 0.3) is 0 Å². The molecule has 1 saturated heterocycles. The van der Waals surface area contributed by atoms with Crippen LogP contribution in [0.1, 0.15) is 16.7 Å². The topological polar surface area (TPSA) is 108 Å². The number of ether oxygens (including phenoxy) is 5. The number of nitrogens with one attached hydrogen (secondary N) is 1. The van der Waals surface area contributed by atoms with Gasteiger partial charge >= 0.3 is 6.09 Å². The maximum atomic E-state index is 13.8. The monoisotopic (exact) mass is 777 g/mol. The third kappa shape index (κ3) is 8.41. The van der Waals surface area contributed by atoms with E-state index in [1.165, 1.54) is 36.7 Å². The molecule has 1 aromatic heterocycles. The summed E-state index contributed by atoms with van der Waals surface area (Å²) in [7, 11) is 4.76. The van der Waals surface area contributed by atoms with Crippen molar-refractivity contribution in [1.82, 2.24) is 19.8 Å². The van der Waals surface area contributed by atoms with Gasteiger partial charge in [0.05, 0.1) is 37.4 Å². The van der Waals surface area contributed by atoms with Crippen LogP contribution in [0.3, 0.4) is 0 Å². The molecule has 11 nitrogen and oxygen atoms in total. The Labute approximate surface area is 329 Å². The number of carbonyl (C=O) groups is 1. The van der Waals surface area contributed by atoms with E-state index in [2.05, 4.69) is 57.4 Å². The third-order valence-corrected chi connectivity index (χ3v) is 10.1. The number of amides is 1. The molecule has 1 N–H and O–H groups in total. The third-order valence-electron chi connectivity index (χ3n) is 9.82. The molecule has 0 unspecified atom stereocenters. The zero-order chi connectivity index (χ0) is 39.2. The number of rotatable bonds is 12. The van der Waals surface area contributed by atoms with Crippen LogP contribution in [0.15, 0.2) is 97.3 Å². The highest BCUT2D eigenvalue weighted by molar-refractivity contribution is 6.31. The maximum Gasteiger partial charge on any atom is 0.415 e. The molecule has 2 heterocycles. The fraction of sp³-hybridized carbons (Fsp3) is 0.233. The first-order chi connectivity index (χ1) is 27.2. The second-order valence-electron chi connectivity index (χ2n) is 13.2. The van der Waals surface area contributed by atoms with E-state index >= 15 is 0 Å². The van der Waals surface area contributed by atoms with Crippen LogP contribution < -0.4 is 29.0 Å². The predicted octanol–water partition coefficient (Wildman–Crippen LogP) is 9.06. The zero-order valence-electron chi connectivity index (χ0n) is 31.5. The number of nitrogens with zero attached hydrogens (tertiary/aromatic N) is 4. The Kier molecular flexibility index (Phi) is 11.7. The van der Waals surface area contributed by atoms with Gasteiger partial charge in [-0.05, 0) is 53.4 Å². The number of hydrogen-bond acceptors (Lipinski definition) is 10. The fourth-order valence-corrected chi connectivity index (χ4v) is 6.90. The SMILES string of the molecule is COc1cc2ncnc(Nc3ccc(F)c(Cl)c3)c2cc1OC(=O)N1CCN(Cc2c(OC)cc(OCc3cccc(-c4ccccc4)c3C)cc2OC)CC1. The van der Waals surface area contributed by atoms with Crippen LogP contribution in [0.25, 0.3) is 22.0 Å². The minimum atomic E-state index is -0.531. The highest BCUT2D eigenvalue weighted by Gasteiger charge is 2.26. The van der Waals surface area contributed by atoms with Crippen molar-refractivity contribution in [2.75, 3.05) is 52.8 Å². The van der Waals surface area contributed by atoms with E-state index in [1.807, 2.05) is 30.3 Å². The molecule has 0 spiro atoms. The summed E-state index contributed by atoms with van der Waals surface area (Å²) in [5.74, 6) is 2.37. The molecular weight excluding hydrogens is 737 g/mol. The molecule has 1 amide bonds. The molecule has 0 bridgehead atoms. The van der Waals surface area contributed by atoms with Crippen LogP contribution >= 0.6 is 11.6 Å². The number of methoxy groups -OCH3 is 3. The summed E-state index contributed by atoms with van der Waals surface area (Å²) < 4.78 is 43.2. The van der Waals surface area contributed by atoms with Gasteiger partial charge in [-0.25, -0.2) is 19.2 Å². The number of aromatic nitrogens is 2. The lowest BCUT2D eigenvalue weighted by atomic mass is 9.97. The van der Waals surface area contributed by atoms with Crippen LogP contribution in [-0.4, -0.2) is 73.4 Å². The number of anilines is 2. The number of hydrogen-bond donors (Lipinski definition) is 1. The summed E-state index contributed by atoms with van der Waals surface area (Å²) in [4.78, 5) is 26.1. The van der Waals surface area contributed by atoms with Gasteiger partial charge in [0.1, 0.15) is 41.8 Å². The average Bonchev–Trinajstić information content (AvgIpc) is 3.22. The van der Waals surface area contributed by atoms with E-state index in [4.69, 9.17) is 35.3 Å². The summed E-state index contributed by atoms with van der Waals surface area (Å²) in [5, 5.41) is 3.67. The highest BCUT2D eigenvalue weighted by Crippen LogP contribution is 2.38. The standard InChI is InChI=1S/C43H41ClFN5O6/c1-27-29(11-8-12-32(27)28-9-6-5-7-10-28)25-55-31-20-38(52-2)34(39(21-31)53-3)24-49-15-17-50(18-16-49)43(51)56-41-22-33-37(23-40(41)54-4)46-26-47-42(33)48-30-13-14-36(45)35(44)19-30/h5-14,19-23,26H,15-18,24-25H2,1-4H3,(H,46,47,48). The zero-order valence-corrected chi connectivity index (χ0v) is 32.2. The van der Waals surface area contributed by atoms with Crippen molar-refractivity contribution in [3.05, 3.63) is 125 Å². The van der Waals surface area contributed by atoms with E-state index in [0.717, 1.165) is 16.7 Å². The van der Waals surface area contributed by atoms with Crippen molar-refractivity contribution >= 4 is 40.1 Å². The first kappa shape index (κ1) is 38.2. The molecule has 0 aliphatic carbocycles. The van der Waals surface area contributed by atoms with E-state index in [-0.39, 0.29) is 10.8 Å². The minimum Gasteiger partial charge on any atom is -0.496 e. The Balaban J connectivity index is 0.997. The molecule has 6 aromatic rings. The van der Waals surface area contributed by atoms with Crippen molar-refractivity contribution in [3.63, 3.8) is 0 Å². The van der Waals surface area contributed by atoms with Crippen molar-refractivity contribution in [1.29, 1.82) is 0 Å². The first-order valence-corrected chi connectivity index (χ1v) is 18.4. The van der Waals surface area contributed by atoms with Gasteiger partial charge in [0.2, 0.25) is 0 Å². The molecule has 1 aliphatic rings. The van der Waals surface area contributed by atoms with Crippen LogP contribution in [0.2, 0.25) is 5.02 Å². The largest absolute Gasteiger partial charge is 0.496 e. The molecule has 1 aliphatic heterocycles. The summed E-state index contributed by atoms with van der Waals surface area (Å²) >= 11 is 5.98. The molecular formula is C43H41ClFN5O6. The highest BCUT2D eigenvalue weighted by atomic mass is 35.5. The van der Waals surface area contributed by atoms with Gasteiger partial charge < -0.3 is 33.9 Å². The minimum absolute atomic E-state index is 0.0294. The fourth-order valence-electron chi connectivity index (χ4n) is 6.71. The van der Waals surface area contributed by atoms with Gasteiger partial charge in [-0.15, -0.1) is 0 Å². The van der Waals surface area contributed by atoms with E-state index in [1.54, 1.807) is 37.3 Å². The van der Waals surface area contributed by atoms with Gasteiger partial charge in [-0.2, -0.15) is 0 Å². The lowest BCUT2D eigenvalue weighted by Gasteiger charge is -2.34. The number of fused-ring (bicyclic) bond motifs is 1. The van der Waals surface area contributed by atoms with Crippen LogP contribution in [0.5, 0.6) is 28.7 Å². The molecule has 0 atom stereocenters. The molecule has 0 radical (unpaired) electrons. The van der Waals surface area contributed by atoms with Crippen LogP contribution in [0.4, 0.5) is 20.7 Å². The summed E-state index contributed by atoms with van der Waals surface area (Å²) in [6.07, 6.45) is 0.877. The molecule has 56 heavy (non-hydrogen) atoms. The van der Waals surface area contributed by atoms with Gasteiger partial charge in [-0.1, -0.05) is 60.1 Å². The van der Waals surface area contributed by atoms with Gasteiger partial charge in [-0.3, -0.25) is 4.90 Å². The van der Waals surface area contributed by atoms with Crippen molar-refractivity contribution in [2.24, 2.45) is 0 Å². The molecule has 288 valence electrons. The summed E-state index contributed by atoms with van der Waals surface area (Å²) in [6, 6.07) is 27.9. The van der Waals surface area contributed by atoms with E-state index in [0.29, 0.717) is 84.7 Å². The smallest absolute Gasteiger partial charge is 0.415 e. The quantitative estimate of drug-likeness (QED) is 0.129. The number of carbonyl (C=O) groups excluding carboxylic acids is 1. The van der Waals surface area contributed by atoms with E-state index < -0.39 is 11.9 Å². The van der Waals surface area contributed by atoms with Crippen molar-refractivity contribution in [2.45, 2.75) is 20.1 Å². The predicted molar refractivity (Wildman–Crippen MR) is 214 cm³/mol. The molecule has 0 saturated carbocycles. The Morgan fingerprint density at radius 3 is 2.25 bits per heavy atom. The molecule has 1 fully saturated rings. The maximum absolute atomic E-state index is 13.8. The van der Waals surface area contributed by atoms with Gasteiger partial charge in [0.15, 0.2) is 11.5 Å². The summed E-state index contributed by atoms with van der Waals surface area (Å²) in [6.45, 7) is 5.09. The number of halogens is 2. The Morgan fingerprint density at radius 2 is 1.55 bits per heavy atom. The van der Waals surface area contributed by atoms with Crippen LogP contribution in [-0.2, 0) is 13.2 Å². The first-order valence-electron chi connectivity index (χ1n) is 18.0. The Morgan fingerprint density at radius 1 is 0.821 bits per heavy atom. The average molecular weight is 778 g/mol. The van der Waals surface area contributed by atoms with Gasteiger partial charge in [0, 0.05) is 62.0 Å². The Bertz CT molecular complexity index is 2330. The molecule has 13 heteroatoms.